The molecule has 0 bridgehead atoms. The van der Waals surface area contributed by atoms with E-state index in [1.54, 1.807) is 17.0 Å². The van der Waals surface area contributed by atoms with E-state index in [1.807, 2.05) is 19.1 Å². The van der Waals surface area contributed by atoms with E-state index < -0.39 is 5.82 Å². The molecule has 2 aliphatic rings. The van der Waals surface area contributed by atoms with Gasteiger partial charge in [-0.25, -0.2) is 4.39 Å². The van der Waals surface area contributed by atoms with Crippen LogP contribution in [0, 0.1) is 5.82 Å². The molecule has 1 aliphatic heterocycles. The average molecular weight is 517 g/mol. The fraction of sp³-hybridized carbons (Fsp3) is 0.385. The minimum Gasteiger partial charge on any atom is -0.374 e. The molecule has 2 aromatic carbocycles. The number of anilines is 1. The number of carbonyl (C=O) groups is 1. The highest BCUT2D eigenvalue weighted by Crippen LogP contribution is 2.37. The maximum absolute atomic E-state index is 14.8. The van der Waals surface area contributed by atoms with E-state index in [0.717, 1.165) is 29.7 Å². The Morgan fingerprint density at radius 2 is 2.00 bits per heavy atom. The monoisotopic (exact) mass is 516 g/mol. The molecule has 3 N–H and O–H groups in total. The number of pyridine rings is 1. The molecule has 1 aromatic heterocycles. The van der Waals surface area contributed by atoms with E-state index in [4.69, 9.17) is 23.2 Å². The number of aromatic amines is 1. The number of benzene rings is 2. The van der Waals surface area contributed by atoms with Crippen molar-refractivity contribution in [3.8, 4) is 0 Å². The van der Waals surface area contributed by atoms with E-state index in [1.165, 1.54) is 12.5 Å². The molecule has 5 rings (SSSR count). The first-order valence-corrected chi connectivity index (χ1v) is 12.7. The number of fused-ring (bicyclic) bond motifs is 2. The number of hydrogen-bond acceptors (Lipinski definition) is 4. The van der Waals surface area contributed by atoms with Gasteiger partial charge in [0.05, 0.1) is 23.7 Å². The molecule has 35 heavy (non-hydrogen) atoms. The van der Waals surface area contributed by atoms with Gasteiger partial charge in [0, 0.05) is 34.9 Å². The predicted molar refractivity (Wildman–Crippen MR) is 138 cm³/mol. The third-order valence-corrected chi connectivity index (χ3v) is 7.64. The summed E-state index contributed by atoms with van der Waals surface area (Å²) >= 11 is 12.5. The zero-order valence-corrected chi connectivity index (χ0v) is 20.9. The number of nitrogens with zero attached hydrogens (tertiary/aromatic N) is 1. The van der Waals surface area contributed by atoms with Crippen LogP contribution in [0.25, 0.3) is 10.8 Å². The molecular formula is C26H27Cl2FN4O2. The first kappa shape index (κ1) is 24.1. The van der Waals surface area contributed by atoms with Crippen LogP contribution in [0.15, 0.2) is 35.1 Å². The topological polar surface area (TPSA) is 77.2 Å². The summed E-state index contributed by atoms with van der Waals surface area (Å²) in [5.74, 6) is -0.740. The standard InChI is InChI=1S/C26H27Cl2FN4O2/c1-14-25-15(7-17(27)10-21(25)28)5-6-33(14)24(34)13-31-23-9-16-8-19(12-30-18-3-2-4-18)32-26(35)20(16)11-22(23)29/h7-11,14,18,30-31H,2-6,12-13H2,1H3,(H,32,35)/t14-/m0/s1. The van der Waals surface area contributed by atoms with Crippen molar-refractivity contribution in [3.63, 3.8) is 0 Å². The summed E-state index contributed by atoms with van der Waals surface area (Å²) in [6.07, 6.45) is 4.16. The molecule has 0 spiro atoms. The van der Waals surface area contributed by atoms with Crippen LogP contribution in [-0.2, 0) is 17.8 Å². The van der Waals surface area contributed by atoms with Crippen LogP contribution in [0.3, 0.4) is 0 Å². The van der Waals surface area contributed by atoms with Crippen molar-refractivity contribution >= 4 is 45.6 Å². The van der Waals surface area contributed by atoms with Crippen molar-refractivity contribution in [1.82, 2.24) is 15.2 Å². The van der Waals surface area contributed by atoms with Crippen LogP contribution in [0.1, 0.15) is 49.0 Å². The van der Waals surface area contributed by atoms with Gasteiger partial charge in [0.25, 0.3) is 5.56 Å². The van der Waals surface area contributed by atoms with E-state index in [9.17, 15) is 14.0 Å². The molecule has 1 saturated carbocycles. The highest BCUT2D eigenvalue weighted by molar-refractivity contribution is 6.35. The fourth-order valence-electron chi connectivity index (χ4n) is 4.96. The quantitative estimate of drug-likeness (QED) is 0.422. The van der Waals surface area contributed by atoms with Gasteiger partial charge in [0.2, 0.25) is 5.91 Å². The van der Waals surface area contributed by atoms with Crippen LogP contribution >= 0.6 is 23.2 Å². The van der Waals surface area contributed by atoms with Gasteiger partial charge in [-0.1, -0.05) is 29.6 Å². The summed E-state index contributed by atoms with van der Waals surface area (Å²) in [7, 11) is 0. The summed E-state index contributed by atoms with van der Waals surface area (Å²) < 4.78 is 14.8. The molecule has 1 atom stereocenters. The Morgan fingerprint density at radius 1 is 1.20 bits per heavy atom. The third-order valence-electron chi connectivity index (χ3n) is 7.11. The molecule has 184 valence electrons. The SMILES string of the molecule is C[C@H]1c2c(Cl)cc(Cl)cc2CCN1C(=O)CNc1cc2cc(CNC3CCC3)[nH]c(=O)c2cc1F. The average Bonchev–Trinajstić information content (AvgIpc) is 2.77. The zero-order valence-electron chi connectivity index (χ0n) is 19.4. The zero-order chi connectivity index (χ0) is 24.7. The molecule has 2 heterocycles. The van der Waals surface area contributed by atoms with E-state index in [2.05, 4.69) is 15.6 Å². The lowest BCUT2D eigenvalue weighted by Crippen LogP contribution is -2.42. The second-order valence-corrected chi connectivity index (χ2v) is 10.2. The summed E-state index contributed by atoms with van der Waals surface area (Å²) in [4.78, 5) is 30.1. The lowest BCUT2D eigenvalue weighted by molar-refractivity contribution is -0.131. The van der Waals surface area contributed by atoms with Crippen LogP contribution in [-0.4, -0.2) is 34.9 Å². The minimum atomic E-state index is -0.578. The van der Waals surface area contributed by atoms with E-state index >= 15 is 0 Å². The van der Waals surface area contributed by atoms with Crippen molar-refractivity contribution in [1.29, 1.82) is 0 Å². The number of hydrogen-bond donors (Lipinski definition) is 3. The van der Waals surface area contributed by atoms with Crippen LogP contribution in [0.2, 0.25) is 10.0 Å². The molecule has 6 nitrogen and oxygen atoms in total. The van der Waals surface area contributed by atoms with Gasteiger partial charge in [-0.05, 0) is 73.0 Å². The van der Waals surface area contributed by atoms with Crippen molar-refractivity contribution in [2.75, 3.05) is 18.4 Å². The van der Waals surface area contributed by atoms with Gasteiger partial charge in [0.1, 0.15) is 5.82 Å². The van der Waals surface area contributed by atoms with Crippen molar-refractivity contribution in [2.45, 2.75) is 51.2 Å². The fourth-order valence-corrected chi connectivity index (χ4v) is 5.65. The molecule has 0 unspecified atom stereocenters. The Morgan fingerprint density at radius 3 is 2.74 bits per heavy atom. The molecule has 0 saturated heterocycles. The third kappa shape index (κ3) is 4.90. The molecule has 1 amide bonds. The highest BCUT2D eigenvalue weighted by Gasteiger charge is 2.29. The Bertz CT molecular complexity index is 1360. The molecule has 1 aliphatic carbocycles. The maximum Gasteiger partial charge on any atom is 0.256 e. The molecule has 1 fully saturated rings. The highest BCUT2D eigenvalue weighted by atomic mass is 35.5. The Labute approximate surface area is 212 Å². The number of amides is 1. The van der Waals surface area contributed by atoms with Crippen molar-refractivity contribution in [3.05, 3.63) is 73.4 Å². The number of H-pyrrole nitrogens is 1. The van der Waals surface area contributed by atoms with Crippen LogP contribution in [0.4, 0.5) is 10.1 Å². The van der Waals surface area contributed by atoms with Gasteiger partial charge in [-0.3, -0.25) is 9.59 Å². The largest absolute Gasteiger partial charge is 0.374 e. The Balaban J connectivity index is 1.31. The Hall–Kier alpha value is -2.61. The summed E-state index contributed by atoms with van der Waals surface area (Å²) in [5.41, 5.74) is 2.55. The van der Waals surface area contributed by atoms with Gasteiger partial charge in [-0.2, -0.15) is 0 Å². The lowest BCUT2D eigenvalue weighted by atomic mass is 9.93. The lowest BCUT2D eigenvalue weighted by Gasteiger charge is -2.36. The number of rotatable bonds is 6. The summed E-state index contributed by atoms with van der Waals surface area (Å²) in [6.45, 7) is 2.93. The number of carbonyl (C=O) groups excluding carboxylic acids is 1. The van der Waals surface area contributed by atoms with Gasteiger partial charge in [0.15, 0.2) is 0 Å². The second kappa shape index (κ2) is 9.80. The predicted octanol–water partition coefficient (Wildman–Crippen LogP) is 5.17. The van der Waals surface area contributed by atoms with Crippen molar-refractivity contribution in [2.24, 2.45) is 0 Å². The van der Waals surface area contributed by atoms with Crippen LogP contribution in [0.5, 0.6) is 0 Å². The number of halogens is 3. The van der Waals surface area contributed by atoms with E-state index in [0.29, 0.717) is 41.0 Å². The molecule has 0 radical (unpaired) electrons. The first-order chi connectivity index (χ1) is 16.8. The van der Waals surface area contributed by atoms with Crippen molar-refractivity contribution < 1.29 is 9.18 Å². The van der Waals surface area contributed by atoms with Gasteiger partial charge < -0.3 is 20.5 Å². The molecule has 3 aromatic rings. The molecule has 9 heteroatoms. The maximum atomic E-state index is 14.8. The number of aromatic nitrogens is 1. The van der Waals surface area contributed by atoms with Gasteiger partial charge in [-0.15, -0.1) is 0 Å². The smallest absolute Gasteiger partial charge is 0.256 e. The Kier molecular flexibility index (Phi) is 6.75. The first-order valence-electron chi connectivity index (χ1n) is 11.9. The van der Waals surface area contributed by atoms with Gasteiger partial charge >= 0.3 is 0 Å². The normalized spacial score (nSPS) is 17.8. The molecular weight excluding hydrogens is 490 g/mol. The minimum absolute atomic E-state index is 0.0768. The second-order valence-electron chi connectivity index (χ2n) is 9.38. The number of nitrogens with one attached hydrogen (secondary N) is 3. The summed E-state index contributed by atoms with van der Waals surface area (Å²) in [5, 5.41) is 8.37. The van der Waals surface area contributed by atoms with E-state index in [-0.39, 0.29) is 35.1 Å². The van der Waals surface area contributed by atoms with Crippen LogP contribution < -0.4 is 16.2 Å². The summed E-state index contributed by atoms with van der Waals surface area (Å²) in [6, 6.07) is 8.51.